The lowest BCUT2D eigenvalue weighted by molar-refractivity contribution is -0.183. The summed E-state index contributed by atoms with van der Waals surface area (Å²) in [6.07, 6.45) is -1.08. The van der Waals surface area contributed by atoms with Crippen LogP contribution in [0.3, 0.4) is 0 Å². The molecule has 3 saturated heterocycles. The fraction of sp³-hybridized carbons (Fsp3) is 0.500. The van der Waals surface area contributed by atoms with E-state index in [0.29, 0.717) is 13.2 Å². The first-order valence-corrected chi connectivity index (χ1v) is 11.1. The number of aliphatic hydroxyl groups excluding tert-OH is 1. The van der Waals surface area contributed by atoms with Crippen molar-refractivity contribution in [1.82, 2.24) is 10.2 Å². The second-order valence-electron chi connectivity index (χ2n) is 8.43. The van der Waals surface area contributed by atoms with Crippen LogP contribution in [0, 0.1) is 0 Å². The number of piperazine rings is 1. The highest BCUT2D eigenvalue weighted by Gasteiger charge is 2.52. The second kappa shape index (κ2) is 9.14. The van der Waals surface area contributed by atoms with Crippen LogP contribution in [0.25, 0.3) is 0 Å². The number of methoxy groups -OCH3 is 1. The summed E-state index contributed by atoms with van der Waals surface area (Å²) in [6.45, 7) is 4.68. The van der Waals surface area contributed by atoms with E-state index in [1.165, 1.54) is 5.69 Å². The minimum atomic E-state index is -0.566. The third-order valence-corrected chi connectivity index (χ3v) is 6.71. The Morgan fingerprint density at radius 3 is 2.55 bits per heavy atom. The van der Waals surface area contributed by atoms with Gasteiger partial charge in [0.05, 0.1) is 31.9 Å². The van der Waals surface area contributed by atoms with E-state index in [1.54, 1.807) is 7.11 Å². The summed E-state index contributed by atoms with van der Waals surface area (Å²) in [4.78, 5) is 4.72. The summed E-state index contributed by atoms with van der Waals surface area (Å²) in [5.41, 5.74) is 2.31. The number of fused-ring (bicyclic) bond motifs is 2. The molecule has 166 valence electrons. The lowest BCUT2D eigenvalue weighted by Gasteiger charge is -2.47. The Morgan fingerprint density at radius 2 is 1.77 bits per heavy atom. The van der Waals surface area contributed by atoms with Crippen molar-refractivity contribution in [3.8, 4) is 5.75 Å². The molecule has 5 rings (SSSR count). The molecule has 0 amide bonds. The van der Waals surface area contributed by atoms with Crippen LogP contribution in [0.15, 0.2) is 54.6 Å². The zero-order chi connectivity index (χ0) is 21.2. The largest absolute Gasteiger partial charge is 0.496 e. The number of aliphatic hydroxyl groups is 1. The SMILES string of the molecule is COc1ccccc1CN[C@@H]1[C@H](O)[C@@H](N2CCN(c3ccccc3)CC2)[C@@H]2OC[C@@H]1O2. The minimum Gasteiger partial charge on any atom is -0.496 e. The first kappa shape index (κ1) is 20.7. The Balaban J connectivity index is 1.25. The smallest absolute Gasteiger partial charge is 0.176 e. The van der Waals surface area contributed by atoms with Gasteiger partial charge in [0.1, 0.15) is 11.9 Å². The summed E-state index contributed by atoms with van der Waals surface area (Å²) in [7, 11) is 1.68. The molecular formula is C24H31N3O4. The number of nitrogens with zero attached hydrogens (tertiary/aromatic N) is 2. The highest BCUT2D eigenvalue weighted by molar-refractivity contribution is 5.46. The highest BCUT2D eigenvalue weighted by Crippen LogP contribution is 2.32. The van der Waals surface area contributed by atoms with Crippen LogP contribution >= 0.6 is 0 Å². The van der Waals surface area contributed by atoms with E-state index < -0.39 is 6.10 Å². The number of para-hydroxylation sites is 2. The molecule has 2 N–H and O–H groups in total. The molecular weight excluding hydrogens is 394 g/mol. The van der Waals surface area contributed by atoms with Gasteiger partial charge >= 0.3 is 0 Å². The van der Waals surface area contributed by atoms with Crippen LogP contribution in [0.5, 0.6) is 5.75 Å². The van der Waals surface area contributed by atoms with Gasteiger partial charge in [-0.1, -0.05) is 36.4 Å². The number of benzene rings is 2. The van der Waals surface area contributed by atoms with Gasteiger partial charge in [-0.05, 0) is 18.2 Å². The van der Waals surface area contributed by atoms with Crippen molar-refractivity contribution in [3.63, 3.8) is 0 Å². The molecule has 3 aliphatic heterocycles. The number of hydrogen-bond donors (Lipinski definition) is 2. The maximum absolute atomic E-state index is 11.3. The van der Waals surface area contributed by atoms with Crippen molar-refractivity contribution in [1.29, 1.82) is 0 Å². The number of rotatable bonds is 6. The number of nitrogens with one attached hydrogen (secondary N) is 1. The van der Waals surface area contributed by atoms with Crippen molar-refractivity contribution in [2.24, 2.45) is 0 Å². The summed E-state index contributed by atoms with van der Waals surface area (Å²) in [5, 5.41) is 14.9. The molecule has 0 aromatic heterocycles. The second-order valence-corrected chi connectivity index (χ2v) is 8.43. The monoisotopic (exact) mass is 425 g/mol. The van der Waals surface area contributed by atoms with Crippen molar-refractivity contribution in [2.45, 2.75) is 37.1 Å². The molecule has 31 heavy (non-hydrogen) atoms. The topological polar surface area (TPSA) is 66.4 Å². The molecule has 2 bridgehead atoms. The number of ether oxygens (including phenoxy) is 3. The molecule has 7 heteroatoms. The molecule has 0 radical (unpaired) electrons. The van der Waals surface area contributed by atoms with Gasteiger partial charge in [-0.15, -0.1) is 0 Å². The third-order valence-electron chi connectivity index (χ3n) is 6.71. The first-order valence-electron chi connectivity index (χ1n) is 11.1. The van der Waals surface area contributed by atoms with Crippen LogP contribution in [0.4, 0.5) is 5.69 Å². The number of hydrogen-bond acceptors (Lipinski definition) is 7. The molecule has 2 aromatic carbocycles. The highest BCUT2D eigenvalue weighted by atomic mass is 16.7. The Hall–Kier alpha value is -2.16. The molecule has 3 heterocycles. The standard InChI is InChI=1S/C24H31N3O4/c1-29-19-10-6-5-7-17(19)15-25-21-20-16-30-24(31-20)22(23(21)28)27-13-11-26(12-14-27)18-8-3-2-4-9-18/h2-10,20-25,28H,11-16H2,1H3/t20-,21-,22+,23-,24+/m0/s1. The van der Waals surface area contributed by atoms with Gasteiger partial charge in [0.15, 0.2) is 6.29 Å². The van der Waals surface area contributed by atoms with E-state index in [9.17, 15) is 5.11 Å². The molecule has 2 aromatic rings. The maximum Gasteiger partial charge on any atom is 0.176 e. The van der Waals surface area contributed by atoms with Crippen molar-refractivity contribution < 1.29 is 19.3 Å². The van der Waals surface area contributed by atoms with Gasteiger partial charge in [0.2, 0.25) is 0 Å². The van der Waals surface area contributed by atoms with Gasteiger partial charge in [0.25, 0.3) is 0 Å². The number of anilines is 1. The Kier molecular flexibility index (Phi) is 6.11. The zero-order valence-corrected chi connectivity index (χ0v) is 17.9. The van der Waals surface area contributed by atoms with E-state index in [1.807, 2.05) is 30.3 Å². The first-order chi connectivity index (χ1) is 15.2. The average Bonchev–Trinajstić information content (AvgIpc) is 3.25. The molecule has 3 fully saturated rings. The summed E-state index contributed by atoms with van der Waals surface area (Å²) < 4.78 is 17.6. The Labute approximate surface area is 183 Å². The molecule has 3 aliphatic rings. The van der Waals surface area contributed by atoms with Crippen LogP contribution in [0.2, 0.25) is 0 Å². The predicted molar refractivity (Wildman–Crippen MR) is 118 cm³/mol. The fourth-order valence-electron chi connectivity index (χ4n) is 5.04. The fourth-order valence-corrected chi connectivity index (χ4v) is 5.04. The van der Waals surface area contributed by atoms with Crippen LogP contribution in [0.1, 0.15) is 5.56 Å². The van der Waals surface area contributed by atoms with Gasteiger partial charge < -0.3 is 29.5 Å². The van der Waals surface area contributed by atoms with Crippen molar-refractivity contribution in [2.75, 3.05) is 44.8 Å². The molecule has 0 spiro atoms. The van der Waals surface area contributed by atoms with Gasteiger partial charge in [0, 0.05) is 44.0 Å². The van der Waals surface area contributed by atoms with Gasteiger partial charge in [-0.3, -0.25) is 4.90 Å². The Morgan fingerprint density at radius 1 is 1.03 bits per heavy atom. The van der Waals surface area contributed by atoms with Gasteiger partial charge in [-0.25, -0.2) is 0 Å². The van der Waals surface area contributed by atoms with E-state index in [0.717, 1.165) is 37.5 Å². The van der Waals surface area contributed by atoms with E-state index in [4.69, 9.17) is 14.2 Å². The zero-order valence-electron chi connectivity index (χ0n) is 17.9. The molecule has 0 aliphatic carbocycles. The van der Waals surface area contributed by atoms with E-state index >= 15 is 0 Å². The van der Waals surface area contributed by atoms with Gasteiger partial charge in [-0.2, -0.15) is 0 Å². The lowest BCUT2D eigenvalue weighted by atomic mass is 9.94. The van der Waals surface area contributed by atoms with Crippen molar-refractivity contribution in [3.05, 3.63) is 60.2 Å². The van der Waals surface area contributed by atoms with Crippen LogP contribution in [-0.4, -0.2) is 80.5 Å². The average molecular weight is 426 g/mol. The van der Waals surface area contributed by atoms with E-state index in [-0.39, 0.29) is 24.5 Å². The van der Waals surface area contributed by atoms with Crippen LogP contribution in [-0.2, 0) is 16.0 Å². The molecule has 0 unspecified atom stereocenters. The summed E-state index contributed by atoms with van der Waals surface area (Å²) >= 11 is 0. The van der Waals surface area contributed by atoms with E-state index in [2.05, 4.69) is 39.4 Å². The normalized spacial score (nSPS) is 31.0. The third kappa shape index (κ3) is 4.16. The molecule has 0 saturated carbocycles. The van der Waals surface area contributed by atoms with Crippen molar-refractivity contribution >= 4 is 5.69 Å². The Bertz CT molecular complexity index is 859. The predicted octanol–water partition coefficient (Wildman–Crippen LogP) is 1.46. The molecule has 5 atom stereocenters. The lowest BCUT2D eigenvalue weighted by Crippen LogP contribution is -2.66. The maximum atomic E-state index is 11.3. The molecule has 7 nitrogen and oxygen atoms in total. The quantitative estimate of drug-likeness (QED) is 0.726. The van der Waals surface area contributed by atoms with Crippen LogP contribution < -0.4 is 15.0 Å². The summed E-state index contributed by atoms with van der Waals surface area (Å²) in [5.74, 6) is 0.843. The minimum absolute atomic E-state index is 0.142. The summed E-state index contributed by atoms with van der Waals surface area (Å²) in [6, 6.07) is 18.1.